The second kappa shape index (κ2) is 11.9. The summed E-state index contributed by atoms with van der Waals surface area (Å²) >= 11 is 6.28. The van der Waals surface area contributed by atoms with Gasteiger partial charge in [0.15, 0.2) is 0 Å². The summed E-state index contributed by atoms with van der Waals surface area (Å²) < 4.78 is 0. The molecule has 6 heteroatoms. The lowest BCUT2D eigenvalue weighted by Gasteiger charge is -2.37. The lowest BCUT2D eigenvalue weighted by Crippen LogP contribution is -2.39. The van der Waals surface area contributed by atoms with E-state index in [1.807, 2.05) is 12.1 Å². The number of carbonyl (C=O) groups is 2. The van der Waals surface area contributed by atoms with Gasteiger partial charge in [-0.15, -0.1) is 0 Å². The van der Waals surface area contributed by atoms with Crippen molar-refractivity contribution in [3.63, 3.8) is 0 Å². The SMILES string of the molecule is CCCCN(c1ccc(Cl)cc1C(=O)NCCc1ccc(C(=O)O)cc1)C1CCCCC1. The van der Waals surface area contributed by atoms with Crippen LogP contribution in [-0.2, 0) is 6.42 Å². The third kappa shape index (κ3) is 6.49. The maximum Gasteiger partial charge on any atom is 0.335 e. The lowest BCUT2D eigenvalue weighted by molar-refractivity contribution is 0.0696. The molecular weight excluding hydrogens is 424 g/mol. The molecule has 0 bridgehead atoms. The second-order valence-corrected chi connectivity index (χ2v) is 8.94. The summed E-state index contributed by atoms with van der Waals surface area (Å²) in [5.41, 5.74) is 2.84. The number of hydrogen-bond donors (Lipinski definition) is 2. The number of nitrogens with one attached hydrogen (secondary N) is 1. The number of aromatic carboxylic acids is 1. The molecule has 0 saturated heterocycles. The molecule has 0 aliphatic heterocycles. The van der Waals surface area contributed by atoms with Crippen LogP contribution in [0, 0.1) is 0 Å². The number of carboxylic acids is 1. The van der Waals surface area contributed by atoms with Crippen molar-refractivity contribution in [2.45, 2.75) is 64.3 Å². The van der Waals surface area contributed by atoms with E-state index in [1.165, 1.54) is 32.1 Å². The first-order valence-electron chi connectivity index (χ1n) is 11.7. The van der Waals surface area contributed by atoms with Gasteiger partial charge in [-0.3, -0.25) is 4.79 Å². The molecule has 5 nitrogen and oxygen atoms in total. The molecule has 1 aliphatic rings. The van der Waals surface area contributed by atoms with Crippen molar-refractivity contribution >= 4 is 29.2 Å². The van der Waals surface area contributed by atoms with Crippen LogP contribution in [0.4, 0.5) is 5.69 Å². The Balaban J connectivity index is 1.71. The standard InChI is InChI=1S/C26H33ClN2O3/c1-2-3-17-29(22-7-5-4-6-8-22)24-14-13-21(27)18-23(24)25(30)28-16-15-19-9-11-20(12-10-19)26(31)32/h9-14,18,22H,2-8,15-17H2,1H3,(H,28,30)(H,31,32). The topological polar surface area (TPSA) is 69.6 Å². The minimum Gasteiger partial charge on any atom is -0.478 e. The summed E-state index contributed by atoms with van der Waals surface area (Å²) in [5, 5.41) is 12.6. The molecule has 32 heavy (non-hydrogen) atoms. The van der Waals surface area contributed by atoms with E-state index in [0.717, 1.165) is 30.6 Å². The number of amides is 1. The molecule has 1 fully saturated rings. The first-order valence-corrected chi connectivity index (χ1v) is 12.0. The van der Waals surface area contributed by atoms with E-state index in [0.29, 0.717) is 29.6 Å². The van der Waals surface area contributed by atoms with Crippen LogP contribution < -0.4 is 10.2 Å². The normalized spacial score (nSPS) is 14.2. The number of nitrogens with zero attached hydrogens (tertiary/aromatic N) is 1. The average Bonchev–Trinajstić information content (AvgIpc) is 2.81. The monoisotopic (exact) mass is 456 g/mol. The molecule has 0 spiro atoms. The highest BCUT2D eigenvalue weighted by molar-refractivity contribution is 6.31. The van der Waals surface area contributed by atoms with Crippen LogP contribution in [0.5, 0.6) is 0 Å². The molecule has 1 amide bonds. The Labute approximate surface area is 195 Å². The van der Waals surface area contributed by atoms with E-state index in [2.05, 4.69) is 17.1 Å². The van der Waals surface area contributed by atoms with Crippen LogP contribution in [0.25, 0.3) is 0 Å². The fraction of sp³-hybridized carbons (Fsp3) is 0.462. The molecule has 3 rings (SSSR count). The smallest absolute Gasteiger partial charge is 0.335 e. The molecule has 0 unspecified atom stereocenters. The number of carbonyl (C=O) groups excluding carboxylic acids is 1. The summed E-state index contributed by atoms with van der Waals surface area (Å²) in [4.78, 5) is 26.6. The molecule has 0 radical (unpaired) electrons. The number of halogens is 1. The molecule has 0 atom stereocenters. The van der Waals surface area contributed by atoms with Gasteiger partial charge in [0.25, 0.3) is 5.91 Å². The maximum absolute atomic E-state index is 13.1. The van der Waals surface area contributed by atoms with Gasteiger partial charge < -0.3 is 15.3 Å². The molecule has 2 N–H and O–H groups in total. The number of benzene rings is 2. The zero-order valence-electron chi connectivity index (χ0n) is 18.8. The fourth-order valence-electron chi connectivity index (χ4n) is 4.39. The largest absolute Gasteiger partial charge is 0.478 e. The van der Waals surface area contributed by atoms with Crippen LogP contribution in [0.2, 0.25) is 5.02 Å². The highest BCUT2D eigenvalue weighted by atomic mass is 35.5. The fourth-order valence-corrected chi connectivity index (χ4v) is 4.56. The highest BCUT2D eigenvalue weighted by Crippen LogP contribution is 2.31. The van der Waals surface area contributed by atoms with Gasteiger partial charge in [0.2, 0.25) is 0 Å². The number of hydrogen-bond acceptors (Lipinski definition) is 3. The Morgan fingerprint density at radius 3 is 2.47 bits per heavy atom. The van der Waals surface area contributed by atoms with Crippen LogP contribution >= 0.6 is 11.6 Å². The summed E-state index contributed by atoms with van der Waals surface area (Å²) in [6.07, 6.45) is 8.93. The third-order valence-electron chi connectivity index (χ3n) is 6.18. The lowest BCUT2D eigenvalue weighted by atomic mass is 9.93. The van der Waals surface area contributed by atoms with Crippen LogP contribution in [0.1, 0.15) is 78.1 Å². The van der Waals surface area contributed by atoms with Gasteiger partial charge in [-0.25, -0.2) is 4.79 Å². The van der Waals surface area contributed by atoms with Crippen molar-refractivity contribution in [3.05, 3.63) is 64.2 Å². The average molecular weight is 457 g/mol. The summed E-state index contributed by atoms with van der Waals surface area (Å²) in [7, 11) is 0. The number of anilines is 1. The molecule has 2 aromatic carbocycles. The minimum absolute atomic E-state index is 0.123. The molecule has 0 heterocycles. The minimum atomic E-state index is -0.941. The zero-order chi connectivity index (χ0) is 22.9. The summed E-state index contributed by atoms with van der Waals surface area (Å²) in [6, 6.07) is 12.9. The number of carboxylic acid groups (broad SMARTS) is 1. The first-order chi connectivity index (χ1) is 15.5. The van der Waals surface area contributed by atoms with E-state index in [4.69, 9.17) is 16.7 Å². The van der Waals surface area contributed by atoms with E-state index in [1.54, 1.807) is 30.3 Å². The Morgan fingerprint density at radius 2 is 1.81 bits per heavy atom. The Bertz CT molecular complexity index is 908. The molecular formula is C26H33ClN2O3. The van der Waals surface area contributed by atoms with Gasteiger partial charge in [0.05, 0.1) is 11.1 Å². The van der Waals surface area contributed by atoms with Gasteiger partial charge in [-0.05, 0) is 61.6 Å². The van der Waals surface area contributed by atoms with Gasteiger partial charge >= 0.3 is 5.97 Å². The van der Waals surface area contributed by atoms with E-state index in [-0.39, 0.29) is 11.5 Å². The van der Waals surface area contributed by atoms with Crippen molar-refractivity contribution in [2.75, 3.05) is 18.0 Å². The maximum atomic E-state index is 13.1. The van der Waals surface area contributed by atoms with Gasteiger partial charge in [-0.2, -0.15) is 0 Å². The predicted molar refractivity (Wildman–Crippen MR) is 130 cm³/mol. The van der Waals surface area contributed by atoms with Crippen molar-refractivity contribution < 1.29 is 14.7 Å². The van der Waals surface area contributed by atoms with E-state index in [9.17, 15) is 9.59 Å². The first kappa shape index (κ1) is 24.1. The van der Waals surface area contributed by atoms with Crippen molar-refractivity contribution in [2.24, 2.45) is 0 Å². The van der Waals surface area contributed by atoms with Crippen molar-refractivity contribution in [1.29, 1.82) is 0 Å². The van der Waals surface area contributed by atoms with E-state index < -0.39 is 5.97 Å². The summed E-state index contributed by atoms with van der Waals surface area (Å²) in [5.74, 6) is -1.06. The number of unbranched alkanes of at least 4 members (excludes halogenated alkanes) is 1. The zero-order valence-corrected chi connectivity index (χ0v) is 19.5. The Morgan fingerprint density at radius 1 is 1.09 bits per heavy atom. The highest BCUT2D eigenvalue weighted by Gasteiger charge is 2.25. The Kier molecular flexibility index (Phi) is 8.98. The summed E-state index contributed by atoms with van der Waals surface area (Å²) in [6.45, 7) is 3.60. The van der Waals surface area contributed by atoms with Crippen LogP contribution in [0.15, 0.2) is 42.5 Å². The third-order valence-corrected chi connectivity index (χ3v) is 6.42. The van der Waals surface area contributed by atoms with Crippen molar-refractivity contribution in [1.82, 2.24) is 5.32 Å². The second-order valence-electron chi connectivity index (χ2n) is 8.51. The molecule has 2 aromatic rings. The quantitative estimate of drug-likeness (QED) is 0.463. The van der Waals surface area contributed by atoms with Gasteiger partial charge in [0, 0.05) is 29.8 Å². The van der Waals surface area contributed by atoms with Crippen LogP contribution in [-0.4, -0.2) is 36.1 Å². The predicted octanol–water partition coefficient (Wildman–Crippen LogP) is 5.95. The molecule has 172 valence electrons. The van der Waals surface area contributed by atoms with Crippen molar-refractivity contribution in [3.8, 4) is 0 Å². The number of rotatable bonds is 10. The van der Waals surface area contributed by atoms with E-state index >= 15 is 0 Å². The van der Waals surface area contributed by atoms with Gasteiger partial charge in [-0.1, -0.05) is 56.3 Å². The molecule has 1 saturated carbocycles. The Hall–Kier alpha value is -2.53. The molecule has 0 aromatic heterocycles. The molecule has 1 aliphatic carbocycles. The van der Waals surface area contributed by atoms with Gasteiger partial charge in [0.1, 0.15) is 0 Å². The van der Waals surface area contributed by atoms with Crippen LogP contribution in [0.3, 0.4) is 0 Å².